The second-order valence-electron chi connectivity index (χ2n) is 6.89. The third kappa shape index (κ3) is 2.67. The van der Waals surface area contributed by atoms with Gasteiger partial charge in [-0.25, -0.2) is 9.78 Å². The van der Waals surface area contributed by atoms with Crippen molar-refractivity contribution in [1.29, 1.82) is 0 Å². The number of imidazole rings is 1. The van der Waals surface area contributed by atoms with Gasteiger partial charge in [0.15, 0.2) is 5.65 Å². The fraction of sp³-hybridized carbons (Fsp3) is 0.182. The molecular weight excluding hydrogens is 336 g/mol. The molecule has 2 aromatic carbocycles. The molecule has 0 aliphatic carbocycles. The van der Waals surface area contributed by atoms with Gasteiger partial charge in [-0.05, 0) is 48.4 Å². The van der Waals surface area contributed by atoms with E-state index in [1.165, 1.54) is 0 Å². The van der Waals surface area contributed by atoms with Crippen molar-refractivity contribution in [3.63, 3.8) is 0 Å². The van der Waals surface area contributed by atoms with Gasteiger partial charge in [0, 0.05) is 12.7 Å². The van der Waals surface area contributed by atoms with Gasteiger partial charge in [0.1, 0.15) is 0 Å². The average Bonchev–Trinajstić information content (AvgIpc) is 3.34. The minimum Gasteiger partial charge on any atom is -0.315 e. The zero-order valence-electron chi connectivity index (χ0n) is 14.9. The number of nitrogens with one attached hydrogen (secondary N) is 1. The van der Waals surface area contributed by atoms with E-state index in [0.717, 1.165) is 47.5 Å². The highest BCUT2D eigenvalue weighted by Crippen LogP contribution is 2.24. The standard InChI is InChI=1S/C22H20N4O/c27-22-25(18-10-8-17(9-11-18)16-5-2-1-3-6-16)20-7-4-13-24-21(20)26(22)19-12-14-23-15-19/h1-11,13,19,23H,12,14-15H2. The molecule has 4 aromatic rings. The van der Waals surface area contributed by atoms with Crippen LogP contribution in [0.1, 0.15) is 12.5 Å². The second kappa shape index (κ2) is 6.52. The molecule has 0 saturated carbocycles. The van der Waals surface area contributed by atoms with Crippen LogP contribution < -0.4 is 11.0 Å². The van der Waals surface area contributed by atoms with Gasteiger partial charge in [0.05, 0.1) is 17.2 Å². The minimum absolute atomic E-state index is 0.0233. The van der Waals surface area contributed by atoms with E-state index >= 15 is 0 Å². The monoisotopic (exact) mass is 356 g/mol. The van der Waals surface area contributed by atoms with Crippen molar-refractivity contribution in [2.24, 2.45) is 0 Å². The lowest BCUT2D eigenvalue weighted by molar-refractivity contribution is 0.537. The highest BCUT2D eigenvalue weighted by molar-refractivity contribution is 5.75. The molecule has 1 unspecified atom stereocenters. The van der Waals surface area contributed by atoms with Crippen LogP contribution in [0.25, 0.3) is 28.0 Å². The summed E-state index contributed by atoms with van der Waals surface area (Å²) in [5, 5.41) is 3.34. The molecule has 0 spiro atoms. The first kappa shape index (κ1) is 16.0. The molecule has 134 valence electrons. The Morgan fingerprint density at radius 2 is 1.70 bits per heavy atom. The number of rotatable bonds is 3. The Labute approximate surface area is 156 Å². The number of fused-ring (bicyclic) bond motifs is 1. The average molecular weight is 356 g/mol. The van der Waals surface area contributed by atoms with Gasteiger partial charge in [-0.15, -0.1) is 0 Å². The Hall–Kier alpha value is -3.18. The lowest BCUT2D eigenvalue weighted by Gasteiger charge is -2.09. The predicted octanol–water partition coefficient (Wildman–Crippen LogP) is 3.39. The zero-order valence-corrected chi connectivity index (χ0v) is 14.9. The summed E-state index contributed by atoms with van der Waals surface area (Å²) in [6.07, 6.45) is 2.70. The maximum Gasteiger partial charge on any atom is 0.335 e. The first-order valence-electron chi connectivity index (χ1n) is 9.27. The third-order valence-corrected chi connectivity index (χ3v) is 5.26. The summed E-state index contributed by atoms with van der Waals surface area (Å²) in [4.78, 5) is 17.8. The van der Waals surface area contributed by atoms with Crippen molar-refractivity contribution in [3.8, 4) is 16.8 Å². The van der Waals surface area contributed by atoms with Crippen molar-refractivity contribution in [3.05, 3.63) is 83.4 Å². The van der Waals surface area contributed by atoms with E-state index in [-0.39, 0.29) is 11.7 Å². The lowest BCUT2D eigenvalue weighted by Crippen LogP contribution is -2.28. The molecule has 1 atom stereocenters. The summed E-state index contributed by atoms with van der Waals surface area (Å²) in [6, 6.07) is 22.4. The van der Waals surface area contributed by atoms with Crippen molar-refractivity contribution in [2.45, 2.75) is 12.5 Å². The van der Waals surface area contributed by atoms with E-state index in [2.05, 4.69) is 34.6 Å². The number of benzene rings is 2. The summed E-state index contributed by atoms with van der Waals surface area (Å²) >= 11 is 0. The van der Waals surface area contributed by atoms with Gasteiger partial charge in [0.25, 0.3) is 0 Å². The Morgan fingerprint density at radius 1 is 0.926 bits per heavy atom. The van der Waals surface area contributed by atoms with Crippen molar-refractivity contribution in [1.82, 2.24) is 19.4 Å². The van der Waals surface area contributed by atoms with Crippen LogP contribution in [-0.2, 0) is 0 Å². The molecule has 1 N–H and O–H groups in total. The lowest BCUT2D eigenvalue weighted by atomic mass is 10.1. The van der Waals surface area contributed by atoms with E-state index in [9.17, 15) is 4.79 Å². The first-order valence-corrected chi connectivity index (χ1v) is 9.27. The van der Waals surface area contributed by atoms with Crippen molar-refractivity contribution >= 4 is 11.2 Å². The topological polar surface area (TPSA) is 51.9 Å². The Bertz CT molecular complexity index is 1140. The van der Waals surface area contributed by atoms with Gasteiger partial charge in [-0.2, -0.15) is 0 Å². The molecule has 1 saturated heterocycles. The van der Waals surface area contributed by atoms with Crippen LogP contribution in [0.3, 0.4) is 0 Å². The van der Waals surface area contributed by atoms with E-state index in [1.54, 1.807) is 10.8 Å². The summed E-state index contributed by atoms with van der Waals surface area (Å²) in [7, 11) is 0. The SMILES string of the molecule is O=c1n(-c2ccc(-c3ccccc3)cc2)c2cccnc2n1C1CCNC1. The van der Waals surface area contributed by atoms with Crippen molar-refractivity contribution < 1.29 is 0 Å². The van der Waals surface area contributed by atoms with E-state index in [4.69, 9.17) is 0 Å². The molecule has 0 bridgehead atoms. The molecule has 27 heavy (non-hydrogen) atoms. The Balaban J connectivity index is 1.65. The van der Waals surface area contributed by atoms with Crippen LogP contribution in [0.2, 0.25) is 0 Å². The largest absolute Gasteiger partial charge is 0.335 e. The molecule has 0 amide bonds. The molecule has 5 heteroatoms. The van der Waals surface area contributed by atoms with Crippen LogP contribution in [0, 0.1) is 0 Å². The highest BCUT2D eigenvalue weighted by atomic mass is 16.1. The normalized spacial score (nSPS) is 16.8. The van der Waals surface area contributed by atoms with Gasteiger partial charge < -0.3 is 5.32 Å². The maximum absolute atomic E-state index is 13.3. The molecule has 1 aliphatic heterocycles. The smallest absolute Gasteiger partial charge is 0.315 e. The summed E-state index contributed by atoms with van der Waals surface area (Å²) < 4.78 is 3.62. The van der Waals surface area contributed by atoms with E-state index < -0.39 is 0 Å². The quantitative estimate of drug-likeness (QED) is 0.612. The fourth-order valence-electron chi connectivity index (χ4n) is 3.92. The second-order valence-corrected chi connectivity index (χ2v) is 6.89. The number of nitrogens with zero attached hydrogens (tertiary/aromatic N) is 3. The summed E-state index contributed by atoms with van der Waals surface area (Å²) in [5.74, 6) is 0. The van der Waals surface area contributed by atoms with Gasteiger partial charge in [-0.1, -0.05) is 42.5 Å². The van der Waals surface area contributed by atoms with E-state index in [1.807, 2.05) is 47.0 Å². The van der Waals surface area contributed by atoms with Crippen LogP contribution in [0.4, 0.5) is 0 Å². The fourth-order valence-corrected chi connectivity index (χ4v) is 3.92. The summed E-state index contributed by atoms with van der Waals surface area (Å²) in [6.45, 7) is 1.74. The highest BCUT2D eigenvalue weighted by Gasteiger charge is 2.24. The maximum atomic E-state index is 13.3. The molecule has 2 aromatic heterocycles. The van der Waals surface area contributed by atoms with Gasteiger partial charge in [0.2, 0.25) is 0 Å². The molecule has 1 aliphatic rings. The van der Waals surface area contributed by atoms with Crippen LogP contribution >= 0.6 is 0 Å². The van der Waals surface area contributed by atoms with Crippen LogP contribution in [-0.4, -0.2) is 27.2 Å². The summed E-state index contributed by atoms with van der Waals surface area (Å²) in [5.41, 5.74) is 4.74. The molecule has 5 nitrogen and oxygen atoms in total. The zero-order chi connectivity index (χ0) is 18.2. The number of hydrogen-bond donors (Lipinski definition) is 1. The molecular formula is C22H20N4O. The van der Waals surface area contributed by atoms with E-state index in [0.29, 0.717) is 0 Å². The third-order valence-electron chi connectivity index (χ3n) is 5.26. The molecule has 1 fully saturated rings. The number of pyridine rings is 1. The van der Waals surface area contributed by atoms with Crippen molar-refractivity contribution in [2.75, 3.05) is 13.1 Å². The van der Waals surface area contributed by atoms with Crippen LogP contribution in [0.5, 0.6) is 0 Å². The van der Waals surface area contributed by atoms with Crippen LogP contribution in [0.15, 0.2) is 77.7 Å². The Kier molecular flexibility index (Phi) is 3.87. The first-order chi connectivity index (χ1) is 13.3. The minimum atomic E-state index is -0.0233. The molecule has 5 rings (SSSR count). The predicted molar refractivity (Wildman–Crippen MR) is 107 cm³/mol. The van der Waals surface area contributed by atoms with Gasteiger partial charge in [-0.3, -0.25) is 9.13 Å². The number of aromatic nitrogens is 3. The number of hydrogen-bond acceptors (Lipinski definition) is 3. The molecule has 0 radical (unpaired) electrons. The Morgan fingerprint density at radius 3 is 2.44 bits per heavy atom. The van der Waals surface area contributed by atoms with Gasteiger partial charge >= 0.3 is 5.69 Å². The molecule has 3 heterocycles.